The lowest BCUT2D eigenvalue weighted by molar-refractivity contribution is -0.0885. The third-order valence-electron chi connectivity index (χ3n) is 1.34. The fourth-order valence-electron chi connectivity index (χ4n) is 0.770. The minimum atomic E-state index is -4.94. The molecule has 0 saturated carbocycles. The summed E-state index contributed by atoms with van der Waals surface area (Å²) in [6, 6.07) is 0. The summed E-state index contributed by atoms with van der Waals surface area (Å²) in [6.45, 7) is 0. The van der Waals surface area contributed by atoms with E-state index in [-0.39, 0.29) is 9.50 Å². The Kier molecular flexibility index (Phi) is 3.16. The molecule has 14 heavy (non-hydrogen) atoms. The molecule has 0 unspecified atom stereocenters. The normalized spacial score (nSPS) is 11.5. The largest absolute Gasteiger partial charge is 0.454 e. The molecule has 0 amide bonds. The zero-order valence-corrected chi connectivity index (χ0v) is 8.74. The standard InChI is InChI=1S/C7H2BrClF3NO/c8-3-1-13-2-4(9)5(3)6(14)7(10,11)12/h1-2H. The summed E-state index contributed by atoms with van der Waals surface area (Å²) in [4.78, 5) is 14.4. The van der Waals surface area contributed by atoms with E-state index in [0.29, 0.717) is 0 Å². The average molecular weight is 288 g/mol. The van der Waals surface area contributed by atoms with Gasteiger partial charge in [-0.1, -0.05) is 11.6 Å². The first-order valence-electron chi connectivity index (χ1n) is 3.24. The third-order valence-corrected chi connectivity index (χ3v) is 2.23. The van der Waals surface area contributed by atoms with Crippen LogP contribution in [0.3, 0.4) is 0 Å². The summed E-state index contributed by atoms with van der Waals surface area (Å²) in [5, 5.41) is -0.332. The molecule has 1 heterocycles. The smallest absolute Gasteiger partial charge is 0.284 e. The van der Waals surface area contributed by atoms with Gasteiger partial charge in [-0.2, -0.15) is 13.2 Å². The summed E-state index contributed by atoms with van der Waals surface area (Å²) >= 11 is 8.19. The van der Waals surface area contributed by atoms with E-state index in [1.807, 2.05) is 0 Å². The van der Waals surface area contributed by atoms with Gasteiger partial charge in [0.05, 0.1) is 10.6 Å². The maximum Gasteiger partial charge on any atom is 0.454 e. The van der Waals surface area contributed by atoms with Gasteiger partial charge in [0.15, 0.2) is 0 Å². The number of pyridine rings is 1. The second-order valence-corrected chi connectivity index (χ2v) is 3.57. The van der Waals surface area contributed by atoms with E-state index >= 15 is 0 Å². The summed E-state index contributed by atoms with van der Waals surface area (Å²) in [5.41, 5.74) is -0.617. The number of alkyl halides is 3. The van der Waals surface area contributed by atoms with Crippen LogP contribution in [0.5, 0.6) is 0 Å². The van der Waals surface area contributed by atoms with Crippen molar-refractivity contribution in [2.45, 2.75) is 6.18 Å². The molecule has 0 fully saturated rings. The molecule has 7 heteroatoms. The van der Waals surface area contributed by atoms with Crippen LogP contribution in [0.15, 0.2) is 16.9 Å². The van der Waals surface area contributed by atoms with Crippen molar-refractivity contribution in [1.82, 2.24) is 4.98 Å². The fourth-order valence-corrected chi connectivity index (χ4v) is 1.64. The average Bonchev–Trinajstić information content (AvgIpc) is 2.01. The van der Waals surface area contributed by atoms with Crippen LogP contribution in [0.1, 0.15) is 10.4 Å². The lowest BCUT2D eigenvalue weighted by Gasteiger charge is -2.07. The maximum atomic E-state index is 12.0. The second kappa shape index (κ2) is 3.86. The van der Waals surface area contributed by atoms with Gasteiger partial charge < -0.3 is 0 Å². The summed E-state index contributed by atoms with van der Waals surface area (Å²) in [7, 11) is 0. The zero-order chi connectivity index (χ0) is 10.9. The van der Waals surface area contributed by atoms with Crippen LogP contribution >= 0.6 is 27.5 Å². The van der Waals surface area contributed by atoms with Crippen LogP contribution in [-0.4, -0.2) is 16.9 Å². The quantitative estimate of drug-likeness (QED) is 0.743. The second-order valence-electron chi connectivity index (χ2n) is 2.31. The van der Waals surface area contributed by atoms with Crippen molar-refractivity contribution in [3.05, 3.63) is 27.5 Å². The first kappa shape index (κ1) is 11.5. The Morgan fingerprint density at radius 1 is 1.43 bits per heavy atom. The molecule has 2 nitrogen and oxygen atoms in total. The highest BCUT2D eigenvalue weighted by atomic mass is 79.9. The molecular formula is C7H2BrClF3NO. The van der Waals surface area contributed by atoms with Gasteiger partial charge in [-0.25, -0.2) is 0 Å². The monoisotopic (exact) mass is 287 g/mol. The molecule has 0 aliphatic heterocycles. The van der Waals surface area contributed by atoms with Crippen molar-refractivity contribution >= 4 is 33.3 Å². The van der Waals surface area contributed by atoms with Crippen molar-refractivity contribution in [2.75, 3.05) is 0 Å². The molecule has 0 atom stereocenters. The van der Waals surface area contributed by atoms with E-state index in [9.17, 15) is 18.0 Å². The van der Waals surface area contributed by atoms with E-state index in [4.69, 9.17) is 11.6 Å². The Labute approximate surface area is 90.2 Å². The fraction of sp³-hybridized carbons (Fsp3) is 0.143. The molecule has 1 aromatic rings. The Balaban J connectivity index is 3.26. The van der Waals surface area contributed by atoms with Gasteiger partial charge in [0.2, 0.25) is 0 Å². The molecule has 1 aromatic heterocycles. The van der Waals surface area contributed by atoms with Gasteiger partial charge in [0.1, 0.15) is 0 Å². The first-order chi connectivity index (χ1) is 6.34. The van der Waals surface area contributed by atoms with Crippen LogP contribution in [-0.2, 0) is 0 Å². The van der Waals surface area contributed by atoms with Crippen molar-refractivity contribution in [2.24, 2.45) is 0 Å². The number of hydrogen-bond donors (Lipinski definition) is 0. The topological polar surface area (TPSA) is 30.0 Å². The van der Waals surface area contributed by atoms with Gasteiger partial charge >= 0.3 is 6.18 Å². The van der Waals surface area contributed by atoms with E-state index in [2.05, 4.69) is 20.9 Å². The number of aromatic nitrogens is 1. The summed E-state index contributed by atoms with van der Waals surface area (Å²) in [6.07, 6.45) is -2.89. The van der Waals surface area contributed by atoms with E-state index in [0.717, 1.165) is 12.4 Å². The number of carbonyl (C=O) groups is 1. The van der Waals surface area contributed by atoms with Gasteiger partial charge in [0.25, 0.3) is 5.78 Å². The van der Waals surface area contributed by atoms with Gasteiger partial charge in [0, 0.05) is 16.9 Å². The predicted octanol–water partition coefficient (Wildman–Crippen LogP) is 3.24. The number of halogens is 5. The van der Waals surface area contributed by atoms with E-state index in [1.165, 1.54) is 0 Å². The zero-order valence-electron chi connectivity index (χ0n) is 6.40. The highest BCUT2D eigenvalue weighted by Gasteiger charge is 2.41. The maximum absolute atomic E-state index is 12.0. The van der Waals surface area contributed by atoms with E-state index < -0.39 is 17.5 Å². The minimum absolute atomic E-state index is 0.0766. The molecule has 0 bridgehead atoms. The molecule has 0 aromatic carbocycles. The number of carbonyl (C=O) groups excluding carboxylic acids is 1. The lowest BCUT2D eigenvalue weighted by Crippen LogP contribution is -2.23. The molecule has 0 N–H and O–H groups in total. The number of hydrogen-bond acceptors (Lipinski definition) is 2. The van der Waals surface area contributed by atoms with Crippen LogP contribution in [0.4, 0.5) is 13.2 Å². The van der Waals surface area contributed by atoms with Crippen molar-refractivity contribution in [3.63, 3.8) is 0 Å². The summed E-state index contributed by atoms with van der Waals surface area (Å²) in [5.74, 6) is -1.99. The minimum Gasteiger partial charge on any atom is -0.284 e. The van der Waals surface area contributed by atoms with Crippen LogP contribution in [0.25, 0.3) is 0 Å². The molecular weight excluding hydrogens is 286 g/mol. The highest BCUT2D eigenvalue weighted by Crippen LogP contribution is 2.30. The molecule has 0 spiro atoms. The van der Waals surface area contributed by atoms with Crippen LogP contribution in [0, 0.1) is 0 Å². The van der Waals surface area contributed by atoms with Crippen molar-refractivity contribution in [1.29, 1.82) is 0 Å². The van der Waals surface area contributed by atoms with Crippen molar-refractivity contribution in [3.8, 4) is 0 Å². The number of Topliss-reactive ketones (excluding diaryl/α,β-unsaturated/α-hetero) is 1. The Hall–Kier alpha value is -0.620. The molecule has 0 saturated heterocycles. The number of ketones is 1. The van der Waals surface area contributed by atoms with Gasteiger partial charge in [-0.05, 0) is 15.9 Å². The SMILES string of the molecule is O=C(c1c(Cl)cncc1Br)C(F)(F)F. The van der Waals surface area contributed by atoms with Gasteiger partial charge in [-0.15, -0.1) is 0 Å². The third kappa shape index (κ3) is 2.24. The van der Waals surface area contributed by atoms with E-state index in [1.54, 1.807) is 0 Å². The van der Waals surface area contributed by atoms with Crippen LogP contribution < -0.4 is 0 Å². The molecule has 1 rings (SSSR count). The van der Waals surface area contributed by atoms with Crippen LogP contribution in [0.2, 0.25) is 5.02 Å². The number of nitrogens with zero attached hydrogens (tertiary/aromatic N) is 1. The molecule has 0 radical (unpaired) electrons. The highest BCUT2D eigenvalue weighted by molar-refractivity contribution is 9.10. The Morgan fingerprint density at radius 3 is 2.43 bits per heavy atom. The first-order valence-corrected chi connectivity index (χ1v) is 4.41. The summed E-state index contributed by atoms with van der Waals surface area (Å²) < 4.78 is 36.1. The van der Waals surface area contributed by atoms with Crippen molar-refractivity contribution < 1.29 is 18.0 Å². The lowest BCUT2D eigenvalue weighted by atomic mass is 10.2. The Morgan fingerprint density at radius 2 is 2.00 bits per heavy atom. The van der Waals surface area contributed by atoms with Gasteiger partial charge in [-0.3, -0.25) is 9.78 Å². The predicted molar refractivity (Wildman–Crippen MR) is 47.3 cm³/mol. The molecule has 76 valence electrons. The Bertz CT molecular complexity index is 359. The number of rotatable bonds is 1. The molecule has 0 aliphatic carbocycles. The molecule has 0 aliphatic rings.